The van der Waals surface area contributed by atoms with E-state index in [0.717, 1.165) is 17.2 Å². The molecule has 2 rings (SSSR count). The van der Waals surface area contributed by atoms with Gasteiger partial charge in [0.25, 0.3) is 0 Å². The fraction of sp³-hybridized carbons (Fsp3) is 0.167. The van der Waals surface area contributed by atoms with Crippen molar-refractivity contribution in [2.45, 2.75) is 19.1 Å². The van der Waals surface area contributed by atoms with Crippen LogP contribution in [0, 0.1) is 0 Å². The number of aromatic hydroxyl groups is 1. The second-order valence-electron chi connectivity index (χ2n) is 5.19. The number of benzene rings is 2. The number of aliphatic hydroxyl groups excluding tert-OH is 1. The monoisotopic (exact) mass is 331 g/mol. The first-order valence-electron chi connectivity index (χ1n) is 7.11. The quantitative estimate of drug-likeness (QED) is 0.711. The normalized spacial score (nSPS) is 12.0. The average molecular weight is 332 g/mol. The zero-order valence-electron chi connectivity index (χ0n) is 12.5. The van der Waals surface area contributed by atoms with Gasteiger partial charge in [-0.3, -0.25) is 4.79 Å². The number of aliphatic hydroxyl groups is 1. The Hall–Kier alpha value is -2.14. The molecule has 0 saturated carbocycles. The minimum Gasteiger partial charge on any atom is -0.507 e. The third-order valence-electron chi connectivity index (χ3n) is 3.58. The molecule has 0 aliphatic rings. The van der Waals surface area contributed by atoms with Gasteiger partial charge in [0.15, 0.2) is 5.78 Å². The van der Waals surface area contributed by atoms with Crippen LogP contribution in [0.5, 0.6) is 5.75 Å². The van der Waals surface area contributed by atoms with Crippen LogP contribution in [0.2, 0.25) is 5.02 Å². The van der Waals surface area contributed by atoms with Crippen molar-refractivity contribution in [2.75, 3.05) is 0 Å². The maximum Gasteiger partial charge on any atom is 0.183 e. The first kappa shape index (κ1) is 17.2. The zero-order valence-corrected chi connectivity index (χ0v) is 13.3. The van der Waals surface area contributed by atoms with Crippen LogP contribution in [0.1, 0.15) is 11.1 Å². The summed E-state index contributed by atoms with van der Waals surface area (Å²) in [5.41, 5.74) is 8.31. The molecule has 0 spiro atoms. The molecular formula is C18H18ClNO3. The molecule has 2 aromatic carbocycles. The maximum absolute atomic E-state index is 11.5. The number of carbonyl (C=O) groups is 1. The predicted octanol–water partition coefficient (Wildman–Crippen LogP) is 2.83. The third-order valence-corrected chi connectivity index (χ3v) is 3.83. The first-order chi connectivity index (χ1) is 11.0. The molecule has 0 fully saturated rings. The molecule has 0 aromatic heterocycles. The molecule has 0 bridgehead atoms. The lowest BCUT2D eigenvalue weighted by Gasteiger charge is -2.15. The Balaban J connectivity index is 2.47. The summed E-state index contributed by atoms with van der Waals surface area (Å²) < 4.78 is 0. The molecule has 4 N–H and O–H groups in total. The molecule has 1 unspecified atom stereocenters. The van der Waals surface area contributed by atoms with Crippen LogP contribution in [0.25, 0.3) is 11.1 Å². The van der Waals surface area contributed by atoms with Crippen molar-refractivity contribution in [3.05, 3.63) is 65.2 Å². The Labute approximate surface area is 139 Å². The fourth-order valence-corrected chi connectivity index (χ4v) is 2.45. The molecule has 5 heteroatoms. The summed E-state index contributed by atoms with van der Waals surface area (Å²) in [4.78, 5) is 11.5. The smallest absolute Gasteiger partial charge is 0.183 e. The minimum atomic E-state index is -1.25. The average Bonchev–Trinajstić information content (AvgIpc) is 2.56. The number of hydrogen-bond donors (Lipinski definition) is 3. The predicted molar refractivity (Wildman–Crippen MR) is 91.4 cm³/mol. The van der Waals surface area contributed by atoms with E-state index in [1.807, 2.05) is 0 Å². The summed E-state index contributed by atoms with van der Waals surface area (Å²) in [6, 6.07) is 10.5. The third kappa shape index (κ3) is 3.99. The van der Waals surface area contributed by atoms with Crippen LogP contribution in [-0.2, 0) is 17.8 Å². The molecule has 0 amide bonds. The first-order valence-corrected chi connectivity index (χ1v) is 7.49. The number of ketones is 1. The van der Waals surface area contributed by atoms with Crippen LogP contribution in [0.4, 0.5) is 0 Å². The van der Waals surface area contributed by atoms with Gasteiger partial charge in [-0.05, 0) is 41.0 Å². The summed E-state index contributed by atoms with van der Waals surface area (Å²) in [6.45, 7) is 3.63. The van der Waals surface area contributed by atoms with Crippen molar-refractivity contribution in [2.24, 2.45) is 5.73 Å². The molecule has 4 nitrogen and oxygen atoms in total. The van der Waals surface area contributed by atoms with E-state index in [-0.39, 0.29) is 18.7 Å². The summed E-state index contributed by atoms with van der Waals surface area (Å²) in [7, 11) is 0. The summed E-state index contributed by atoms with van der Waals surface area (Å²) in [5.74, 6) is -0.476. The topological polar surface area (TPSA) is 83.5 Å². The van der Waals surface area contributed by atoms with Gasteiger partial charge in [0.05, 0.1) is 0 Å². The molecule has 0 heterocycles. The molecule has 0 aliphatic carbocycles. The van der Waals surface area contributed by atoms with Crippen molar-refractivity contribution in [1.29, 1.82) is 0 Å². The van der Waals surface area contributed by atoms with Crippen LogP contribution < -0.4 is 5.73 Å². The summed E-state index contributed by atoms with van der Waals surface area (Å²) in [6.07, 6.45) is -0.191. The molecule has 0 saturated heterocycles. The van der Waals surface area contributed by atoms with E-state index in [1.165, 1.54) is 0 Å². The maximum atomic E-state index is 11.5. The van der Waals surface area contributed by atoms with E-state index >= 15 is 0 Å². The van der Waals surface area contributed by atoms with E-state index < -0.39 is 11.9 Å². The fourth-order valence-electron chi connectivity index (χ4n) is 2.33. The molecule has 120 valence electrons. The van der Waals surface area contributed by atoms with Gasteiger partial charge in [0.2, 0.25) is 0 Å². The number of phenols is 1. The van der Waals surface area contributed by atoms with Crippen LogP contribution >= 0.6 is 11.6 Å². The van der Waals surface area contributed by atoms with Gasteiger partial charge in [-0.2, -0.15) is 0 Å². The number of carbonyl (C=O) groups excluding carboxylic acids is 1. The Morgan fingerprint density at radius 2 is 1.96 bits per heavy atom. The van der Waals surface area contributed by atoms with Crippen LogP contribution in [-0.4, -0.2) is 22.1 Å². The zero-order chi connectivity index (χ0) is 17.0. The number of phenolic OH excluding ortho intramolecular Hbond substituents is 1. The number of nitrogens with two attached hydrogens (primary N) is 1. The van der Waals surface area contributed by atoms with E-state index in [1.54, 1.807) is 36.4 Å². The molecule has 0 radical (unpaired) electrons. The van der Waals surface area contributed by atoms with E-state index in [4.69, 9.17) is 17.3 Å². The van der Waals surface area contributed by atoms with Crippen LogP contribution in [0.3, 0.4) is 0 Å². The van der Waals surface area contributed by atoms with E-state index in [2.05, 4.69) is 6.58 Å². The Bertz CT molecular complexity index is 726. The van der Waals surface area contributed by atoms with Crippen molar-refractivity contribution in [3.63, 3.8) is 0 Å². The molecule has 2 aromatic rings. The Morgan fingerprint density at radius 3 is 2.52 bits per heavy atom. The number of rotatable bonds is 6. The highest BCUT2D eigenvalue weighted by Gasteiger charge is 2.18. The SMILES string of the molecule is C=CC(=O)C(O)Cc1cc(CN)cc(-c2ccc(Cl)cc2)c1O. The van der Waals surface area contributed by atoms with Gasteiger partial charge in [-0.15, -0.1) is 0 Å². The summed E-state index contributed by atoms with van der Waals surface area (Å²) >= 11 is 5.89. The largest absolute Gasteiger partial charge is 0.507 e. The van der Waals surface area contributed by atoms with Crippen molar-refractivity contribution in [3.8, 4) is 16.9 Å². The van der Waals surface area contributed by atoms with Gasteiger partial charge in [0, 0.05) is 23.6 Å². The van der Waals surface area contributed by atoms with Crippen molar-refractivity contribution >= 4 is 17.4 Å². The highest BCUT2D eigenvalue weighted by Crippen LogP contribution is 2.35. The van der Waals surface area contributed by atoms with Gasteiger partial charge in [-0.25, -0.2) is 0 Å². The lowest BCUT2D eigenvalue weighted by Crippen LogP contribution is -2.20. The van der Waals surface area contributed by atoms with E-state index in [9.17, 15) is 15.0 Å². The lowest BCUT2D eigenvalue weighted by molar-refractivity contribution is -0.122. The molecule has 1 atom stereocenters. The minimum absolute atomic E-state index is 0.00881. The second-order valence-corrected chi connectivity index (χ2v) is 5.62. The highest BCUT2D eigenvalue weighted by molar-refractivity contribution is 6.30. The number of hydrogen-bond acceptors (Lipinski definition) is 4. The molecule has 0 aliphatic heterocycles. The van der Waals surface area contributed by atoms with Crippen LogP contribution in [0.15, 0.2) is 49.1 Å². The van der Waals surface area contributed by atoms with Crippen molar-refractivity contribution in [1.82, 2.24) is 0 Å². The Morgan fingerprint density at radius 1 is 1.30 bits per heavy atom. The second kappa shape index (κ2) is 7.42. The lowest BCUT2D eigenvalue weighted by atomic mass is 9.94. The summed E-state index contributed by atoms with van der Waals surface area (Å²) in [5, 5.41) is 21.0. The van der Waals surface area contributed by atoms with Gasteiger partial charge >= 0.3 is 0 Å². The highest BCUT2D eigenvalue weighted by atomic mass is 35.5. The molecular weight excluding hydrogens is 314 g/mol. The van der Waals surface area contributed by atoms with Gasteiger partial charge in [0.1, 0.15) is 11.9 Å². The van der Waals surface area contributed by atoms with Crippen molar-refractivity contribution < 1.29 is 15.0 Å². The van der Waals surface area contributed by atoms with Gasteiger partial charge in [-0.1, -0.05) is 36.4 Å². The standard InChI is InChI=1S/C18H18ClNO3/c1-2-16(21)17(22)9-13-7-11(10-20)8-15(18(13)23)12-3-5-14(19)6-4-12/h2-8,17,22-23H,1,9-10,20H2. The number of halogens is 1. The van der Waals surface area contributed by atoms with Gasteiger partial charge < -0.3 is 15.9 Å². The Kier molecular flexibility index (Phi) is 5.55. The molecule has 23 heavy (non-hydrogen) atoms. The van der Waals surface area contributed by atoms with E-state index in [0.29, 0.717) is 16.1 Å².